The highest BCUT2D eigenvalue weighted by Crippen LogP contribution is 2.42. The van der Waals surface area contributed by atoms with Crippen molar-refractivity contribution in [2.24, 2.45) is 0 Å². The monoisotopic (exact) mass is 355 g/mol. The molecule has 6 heteroatoms. The summed E-state index contributed by atoms with van der Waals surface area (Å²) in [6.07, 6.45) is 10.5. The number of pyridine rings is 1. The van der Waals surface area contributed by atoms with Gasteiger partial charge in [-0.25, -0.2) is 9.78 Å². The fraction of sp³-hybridized carbons (Fsp3) is 0.421. The Morgan fingerprint density at radius 2 is 2.36 bits per heavy atom. The van der Waals surface area contributed by atoms with Gasteiger partial charge in [0, 0.05) is 29.9 Å². The Hall–Kier alpha value is -2.21. The van der Waals surface area contributed by atoms with Crippen LogP contribution in [0.5, 0.6) is 0 Å². The minimum absolute atomic E-state index is 0.111. The summed E-state index contributed by atoms with van der Waals surface area (Å²) in [5, 5.41) is 1.95. The maximum absolute atomic E-state index is 12.7. The van der Waals surface area contributed by atoms with Gasteiger partial charge in [0.1, 0.15) is 0 Å². The number of nitrogens with zero attached hydrogens (tertiary/aromatic N) is 3. The molecule has 3 aromatic rings. The van der Waals surface area contributed by atoms with Gasteiger partial charge in [0.25, 0.3) is 0 Å². The number of imidazole rings is 1. The van der Waals surface area contributed by atoms with Crippen molar-refractivity contribution in [1.29, 1.82) is 0 Å². The van der Waals surface area contributed by atoms with E-state index in [-0.39, 0.29) is 12.1 Å². The van der Waals surface area contributed by atoms with E-state index in [9.17, 15) is 4.79 Å². The van der Waals surface area contributed by atoms with Crippen molar-refractivity contribution in [3.63, 3.8) is 0 Å². The number of fused-ring (bicyclic) bond motifs is 1. The van der Waals surface area contributed by atoms with E-state index in [1.165, 1.54) is 5.56 Å². The molecular formula is C19H21N3O2S. The molecule has 0 spiro atoms. The number of hydrogen-bond acceptors (Lipinski definition) is 5. The van der Waals surface area contributed by atoms with Gasteiger partial charge in [0.05, 0.1) is 11.8 Å². The van der Waals surface area contributed by atoms with E-state index in [4.69, 9.17) is 4.74 Å². The van der Waals surface area contributed by atoms with E-state index in [1.54, 1.807) is 17.5 Å². The van der Waals surface area contributed by atoms with Crippen LogP contribution in [-0.2, 0) is 11.2 Å². The molecule has 5 nitrogen and oxygen atoms in total. The van der Waals surface area contributed by atoms with E-state index < -0.39 is 0 Å². The Balaban J connectivity index is 1.38. The fourth-order valence-corrected chi connectivity index (χ4v) is 3.80. The van der Waals surface area contributed by atoms with Crippen molar-refractivity contribution >= 4 is 22.3 Å². The molecule has 1 aliphatic rings. The van der Waals surface area contributed by atoms with Crippen LogP contribution in [-0.4, -0.2) is 26.4 Å². The quantitative estimate of drug-likeness (QED) is 0.595. The lowest BCUT2D eigenvalue weighted by Crippen LogP contribution is -2.17. The molecule has 0 bridgehead atoms. The molecule has 4 rings (SSSR count). The fourth-order valence-electron chi connectivity index (χ4n) is 3.08. The summed E-state index contributed by atoms with van der Waals surface area (Å²) in [6, 6.07) is 4.02. The molecule has 1 unspecified atom stereocenters. The Bertz CT molecular complexity index is 867. The summed E-state index contributed by atoms with van der Waals surface area (Å²) in [6.45, 7) is 1.96. The molecule has 1 fully saturated rings. The van der Waals surface area contributed by atoms with Crippen molar-refractivity contribution in [2.45, 2.75) is 51.0 Å². The van der Waals surface area contributed by atoms with Gasteiger partial charge in [-0.15, -0.1) is 11.3 Å². The number of rotatable bonds is 7. The molecule has 0 radical (unpaired) electrons. The normalized spacial score (nSPS) is 15.4. The summed E-state index contributed by atoms with van der Waals surface area (Å²) in [5.74, 6) is 0.178. The summed E-state index contributed by atoms with van der Waals surface area (Å²) in [4.78, 5) is 22.4. The first-order valence-electron chi connectivity index (χ1n) is 8.77. The molecule has 0 amide bonds. The number of carbonyl (C=O) groups is 1. The minimum atomic E-state index is -0.248. The molecule has 1 saturated carbocycles. The lowest BCUT2D eigenvalue weighted by molar-refractivity contribution is 0.0311. The first-order chi connectivity index (χ1) is 12.2. The number of aromatic nitrogens is 3. The molecule has 25 heavy (non-hydrogen) atoms. The highest BCUT2D eigenvalue weighted by atomic mass is 32.1. The van der Waals surface area contributed by atoms with Gasteiger partial charge in [-0.2, -0.15) is 0 Å². The van der Waals surface area contributed by atoms with E-state index in [0.29, 0.717) is 11.6 Å². The van der Waals surface area contributed by atoms with Crippen LogP contribution < -0.4 is 0 Å². The van der Waals surface area contributed by atoms with Crippen LogP contribution in [0, 0.1) is 0 Å². The average Bonchev–Trinajstić information content (AvgIpc) is 3.24. The smallest absolute Gasteiger partial charge is 0.357 e. The number of carbonyl (C=O) groups excluding carboxylic acids is 1. The summed E-state index contributed by atoms with van der Waals surface area (Å²) < 4.78 is 7.60. The first-order valence-corrected chi connectivity index (χ1v) is 9.65. The van der Waals surface area contributed by atoms with E-state index in [0.717, 1.165) is 42.8 Å². The van der Waals surface area contributed by atoms with Crippen molar-refractivity contribution in [2.75, 3.05) is 0 Å². The molecule has 3 aromatic heterocycles. The largest absolute Gasteiger partial charge is 0.458 e. The second-order valence-electron chi connectivity index (χ2n) is 6.64. The van der Waals surface area contributed by atoms with Crippen LogP contribution >= 0.6 is 11.3 Å². The predicted octanol–water partition coefficient (Wildman–Crippen LogP) is 4.24. The van der Waals surface area contributed by atoms with Crippen LogP contribution in [0.25, 0.3) is 4.96 Å². The Morgan fingerprint density at radius 1 is 1.48 bits per heavy atom. The standard InChI is InChI=1S/C19H21N3O2S/c1-13(4-2-5-14-6-3-9-20-12-14)24-18(23)17-16(15-7-8-15)21-19-22(17)10-11-25-19/h3,6,9-13,15H,2,4-5,7-8H2,1H3. The molecule has 0 N–H and O–H groups in total. The van der Waals surface area contributed by atoms with E-state index in [2.05, 4.69) is 16.0 Å². The number of thiazole rings is 1. The molecule has 0 aliphatic heterocycles. The predicted molar refractivity (Wildman–Crippen MR) is 97.1 cm³/mol. The third-order valence-corrected chi connectivity index (χ3v) is 5.31. The van der Waals surface area contributed by atoms with Crippen molar-refractivity contribution < 1.29 is 9.53 Å². The number of esters is 1. The second-order valence-corrected chi connectivity index (χ2v) is 7.52. The summed E-state index contributed by atoms with van der Waals surface area (Å²) in [5.41, 5.74) is 2.75. The molecule has 130 valence electrons. The Kier molecular flexibility index (Phi) is 4.53. The van der Waals surface area contributed by atoms with E-state index in [1.807, 2.05) is 35.2 Å². The lowest BCUT2D eigenvalue weighted by Gasteiger charge is -2.13. The van der Waals surface area contributed by atoms with Crippen LogP contribution in [0.2, 0.25) is 0 Å². The van der Waals surface area contributed by atoms with Crippen LogP contribution in [0.15, 0.2) is 36.1 Å². The Morgan fingerprint density at radius 3 is 3.12 bits per heavy atom. The molecule has 1 aliphatic carbocycles. The van der Waals surface area contributed by atoms with Gasteiger partial charge >= 0.3 is 5.97 Å². The topological polar surface area (TPSA) is 56.5 Å². The average molecular weight is 355 g/mol. The lowest BCUT2D eigenvalue weighted by atomic mass is 10.1. The summed E-state index contributed by atoms with van der Waals surface area (Å²) >= 11 is 1.55. The third kappa shape index (κ3) is 3.58. The number of hydrogen-bond donors (Lipinski definition) is 0. The number of ether oxygens (including phenoxy) is 1. The maximum Gasteiger partial charge on any atom is 0.357 e. The van der Waals surface area contributed by atoms with Gasteiger partial charge in [-0.1, -0.05) is 6.07 Å². The Labute approximate surface area is 150 Å². The van der Waals surface area contributed by atoms with Gasteiger partial charge in [-0.05, 0) is 50.7 Å². The third-order valence-electron chi connectivity index (χ3n) is 4.55. The second kappa shape index (κ2) is 6.96. The SMILES string of the molecule is CC(CCCc1cccnc1)OC(=O)c1c(C2CC2)nc2sccn12. The van der Waals surface area contributed by atoms with Crippen molar-refractivity contribution in [3.05, 3.63) is 53.1 Å². The maximum atomic E-state index is 12.7. The zero-order chi connectivity index (χ0) is 17.2. The molecular weight excluding hydrogens is 334 g/mol. The highest BCUT2D eigenvalue weighted by Gasteiger charge is 2.34. The first kappa shape index (κ1) is 16.3. The van der Waals surface area contributed by atoms with Crippen LogP contribution in [0.3, 0.4) is 0 Å². The van der Waals surface area contributed by atoms with Gasteiger partial charge < -0.3 is 4.74 Å². The molecule has 0 aromatic carbocycles. The van der Waals surface area contributed by atoms with Crippen molar-refractivity contribution in [3.8, 4) is 0 Å². The number of aryl methyl sites for hydroxylation is 1. The minimum Gasteiger partial charge on any atom is -0.458 e. The zero-order valence-corrected chi connectivity index (χ0v) is 15.0. The highest BCUT2D eigenvalue weighted by molar-refractivity contribution is 7.15. The van der Waals surface area contributed by atoms with E-state index >= 15 is 0 Å². The van der Waals surface area contributed by atoms with Crippen LogP contribution in [0.4, 0.5) is 0 Å². The molecule has 0 saturated heterocycles. The molecule has 3 heterocycles. The molecule has 1 atom stereocenters. The van der Waals surface area contributed by atoms with Gasteiger partial charge in [-0.3, -0.25) is 9.38 Å². The zero-order valence-electron chi connectivity index (χ0n) is 14.2. The van der Waals surface area contributed by atoms with Crippen LogP contribution in [0.1, 0.15) is 60.3 Å². The summed E-state index contributed by atoms with van der Waals surface area (Å²) in [7, 11) is 0. The van der Waals surface area contributed by atoms with Crippen molar-refractivity contribution in [1.82, 2.24) is 14.4 Å². The van der Waals surface area contributed by atoms with Gasteiger partial charge in [0.2, 0.25) is 0 Å². The van der Waals surface area contributed by atoms with Gasteiger partial charge in [0.15, 0.2) is 10.7 Å².